The van der Waals surface area contributed by atoms with Gasteiger partial charge >= 0.3 is 6.18 Å². The van der Waals surface area contributed by atoms with Crippen molar-refractivity contribution >= 4 is 52.3 Å². The Kier molecular flexibility index (Phi) is 5.73. The van der Waals surface area contributed by atoms with Crippen LogP contribution in [-0.2, 0) is 15.8 Å². The fourth-order valence-corrected chi connectivity index (χ4v) is 5.35. The van der Waals surface area contributed by atoms with Crippen LogP contribution in [0.3, 0.4) is 0 Å². The molecule has 1 atom stereocenters. The maximum Gasteiger partial charge on any atom is 0.417 e. The number of alkyl halides is 3. The molecule has 34 heavy (non-hydrogen) atoms. The van der Waals surface area contributed by atoms with E-state index in [1.807, 2.05) is 0 Å². The van der Waals surface area contributed by atoms with Gasteiger partial charge in [-0.3, -0.25) is 14.5 Å². The number of nitrogens with two attached hydrogens (primary N) is 1. The molecule has 4 rings (SSSR count). The molecule has 2 heterocycles. The molecule has 7 nitrogen and oxygen atoms in total. The summed E-state index contributed by atoms with van der Waals surface area (Å²) in [6, 6.07) is 9.57. The van der Waals surface area contributed by atoms with Gasteiger partial charge in [-0.2, -0.15) is 18.4 Å². The number of thioether (sulfide) groups is 1. The number of nitriles is 1. The number of hydrogen-bond donors (Lipinski definition) is 1. The third-order valence-electron chi connectivity index (χ3n) is 5.52. The van der Waals surface area contributed by atoms with Crippen LogP contribution in [0.1, 0.15) is 25.0 Å². The lowest BCUT2D eigenvalue weighted by molar-refractivity contribution is -0.137. The Bertz CT molecular complexity index is 1270. The van der Waals surface area contributed by atoms with Crippen LogP contribution in [0.4, 0.5) is 24.5 Å². The molecule has 2 aromatic rings. The number of hydrogen-bond acceptors (Lipinski definition) is 6. The highest BCUT2D eigenvalue weighted by atomic mass is 32.2. The van der Waals surface area contributed by atoms with Gasteiger partial charge in [0.2, 0.25) is 0 Å². The van der Waals surface area contributed by atoms with Gasteiger partial charge in [-0.1, -0.05) is 0 Å². The van der Waals surface area contributed by atoms with Crippen LogP contribution >= 0.6 is 24.0 Å². The van der Waals surface area contributed by atoms with Crippen molar-refractivity contribution in [1.82, 2.24) is 0 Å². The lowest BCUT2D eigenvalue weighted by atomic mass is 10.0. The van der Waals surface area contributed by atoms with Crippen molar-refractivity contribution in [3.63, 3.8) is 0 Å². The van der Waals surface area contributed by atoms with E-state index in [1.54, 1.807) is 36.9 Å². The Morgan fingerprint density at radius 2 is 1.94 bits per heavy atom. The van der Waals surface area contributed by atoms with E-state index in [1.165, 1.54) is 23.9 Å². The molecular weight excluding hydrogens is 489 g/mol. The van der Waals surface area contributed by atoms with Gasteiger partial charge < -0.3 is 15.4 Å². The molecular formula is C22H17F3N4O3S2. The third-order valence-corrected chi connectivity index (χ3v) is 6.98. The van der Waals surface area contributed by atoms with E-state index in [0.29, 0.717) is 22.1 Å². The second kappa shape index (κ2) is 8.18. The minimum Gasteiger partial charge on any atom is -0.479 e. The van der Waals surface area contributed by atoms with Crippen molar-refractivity contribution in [2.24, 2.45) is 5.73 Å². The molecule has 2 amide bonds. The Labute approximate surface area is 202 Å². The summed E-state index contributed by atoms with van der Waals surface area (Å²) >= 11 is 6.90. The average Bonchev–Trinajstić information content (AvgIpc) is 2.95. The highest BCUT2D eigenvalue weighted by Crippen LogP contribution is 2.43. The highest BCUT2D eigenvalue weighted by Gasteiger charge is 2.51. The van der Waals surface area contributed by atoms with E-state index in [2.05, 4.69) is 0 Å². The van der Waals surface area contributed by atoms with Gasteiger partial charge in [0, 0.05) is 11.4 Å². The molecule has 1 saturated heterocycles. The predicted octanol–water partition coefficient (Wildman–Crippen LogP) is 3.83. The van der Waals surface area contributed by atoms with Gasteiger partial charge in [-0.25, -0.2) is 0 Å². The molecule has 2 aromatic carbocycles. The summed E-state index contributed by atoms with van der Waals surface area (Å²) in [6.07, 6.45) is -5.54. The number of halogens is 3. The van der Waals surface area contributed by atoms with Gasteiger partial charge in [-0.15, -0.1) is 11.8 Å². The quantitative estimate of drug-likeness (QED) is 0.632. The maximum absolute atomic E-state index is 13.5. The minimum absolute atomic E-state index is 0.00970. The molecule has 2 aliphatic rings. The summed E-state index contributed by atoms with van der Waals surface area (Å²) in [5.41, 5.74) is 2.85. The topological polar surface area (TPSA) is 99.7 Å². The fraction of sp³-hybridized carbons (Fsp3) is 0.273. The second-order valence-electron chi connectivity index (χ2n) is 8.11. The van der Waals surface area contributed by atoms with Crippen molar-refractivity contribution in [3.05, 3.63) is 47.5 Å². The number of primary amides is 1. The van der Waals surface area contributed by atoms with E-state index < -0.39 is 40.8 Å². The van der Waals surface area contributed by atoms with Crippen molar-refractivity contribution < 1.29 is 27.5 Å². The molecule has 0 bridgehead atoms. The number of rotatable bonds is 3. The first-order chi connectivity index (χ1) is 15.9. The molecule has 0 aliphatic carbocycles. The van der Waals surface area contributed by atoms with Crippen LogP contribution in [0.2, 0.25) is 0 Å². The molecule has 0 saturated carbocycles. The number of fused-ring (bicyclic) bond motifs is 1. The first-order valence-corrected chi connectivity index (χ1v) is 11.3. The number of ether oxygens (including phenoxy) is 1. The van der Waals surface area contributed by atoms with Crippen LogP contribution in [0.25, 0.3) is 0 Å². The number of anilines is 2. The molecule has 2 N–H and O–H groups in total. The normalized spacial score (nSPS) is 19.5. The molecule has 0 spiro atoms. The zero-order valence-corrected chi connectivity index (χ0v) is 19.5. The Balaban J connectivity index is 1.73. The van der Waals surface area contributed by atoms with E-state index in [0.717, 1.165) is 17.0 Å². The molecule has 176 valence electrons. The van der Waals surface area contributed by atoms with Crippen LogP contribution in [0.15, 0.2) is 41.3 Å². The van der Waals surface area contributed by atoms with Crippen molar-refractivity contribution in [3.8, 4) is 11.8 Å². The molecule has 1 fully saturated rings. The lowest BCUT2D eigenvalue weighted by Crippen LogP contribution is -2.44. The Morgan fingerprint density at radius 3 is 2.56 bits per heavy atom. The van der Waals surface area contributed by atoms with Crippen LogP contribution < -0.4 is 20.3 Å². The number of nitrogens with zero attached hydrogens (tertiary/aromatic N) is 3. The second-order valence-corrected chi connectivity index (χ2v) is 9.53. The largest absolute Gasteiger partial charge is 0.479 e. The summed E-state index contributed by atoms with van der Waals surface area (Å²) < 4.78 is 46.1. The van der Waals surface area contributed by atoms with Crippen molar-refractivity contribution in [2.45, 2.75) is 36.6 Å². The van der Waals surface area contributed by atoms with Crippen LogP contribution in [0.5, 0.6) is 5.75 Å². The number of benzene rings is 2. The van der Waals surface area contributed by atoms with Crippen LogP contribution in [-0.4, -0.2) is 34.3 Å². The van der Waals surface area contributed by atoms with Gasteiger partial charge in [0.05, 0.1) is 27.8 Å². The molecule has 0 unspecified atom stereocenters. The van der Waals surface area contributed by atoms with E-state index in [4.69, 9.17) is 28.0 Å². The van der Waals surface area contributed by atoms with Crippen LogP contribution in [0, 0.1) is 11.3 Å². The Morgan fingerprint density at radius 1 is 1.26 bits per heavy atom. The zero-order chi connectivity index (χ0) is 25.0. The number of carbonyl (C=O) groups excluding carboxylic acids is 2. The number of amides is 2. The summed E-state index contributed by atoms with van der Waals surface area (Å²) in [7, 11) is 0. The van der Waals surface area contributed by atoms with E-state index >= 15 is 0 Å². The van der Waals surface area contributed by atoms with E-state index in [-0.39, 0.29) is 10.8 Å². The molecule has 0 radical (unpaired) electrons. The zero-order valence-electron chi connectivity index (χ0n) is 17.8. The summed E-state index contributed by atoms with van der Waals surface area (Å²) in [6.45, 7) is 3.23. The SMILES string of the molecule is CC1(C)C(=O)N(c2ccc(C#N)c(C(F)(F)F)c2)C(=S)N1c1ccc2c(c1)SC[C@@H](C(N)=O)O2. The smallest absolute Gasteiger partial charge is 0.417 e. The highest BCUT2D eigenvalue weighted by molar-refractivity contribution is 7.99. The summed E-state index contributed by atoms with van der Waals surface area (Å²) in [5, 5.41) is 9.05. The average molecular weight is 507 g/mol. The molecule has 12 heteroatoms. The number of carbonyl (C=O) groups is 2. The lowest BCUT2D eigenvalue weighted by Gasteiger charge is -2.31. The van der Waals surface area contributed by atoms with Gasteiger partial charge in [-0.05, 0) is 62.5 Å². The first-order valence-electron chi connectivity index (χ1n) is 9.89. The molecule has 0 aromatic heterocycles. The van der Waals surface area contributed by atoms with Gasteiger partial charge in [0.1, 0.15) is 11.3 Å². The maximum atomic E-state index is 13.5. The fourth-order valence-electron chi connectivity index (χ4n) is 3.80. The predicted molar refractivity (Wildman–Crippen MR) is 124 cm³/mol. The minimum atomic E-state index is -4.78. The monoisotopic (exact) mass is 506 g/mol. The summed E-state index contributed by atoms with van der Waals surface area (Å²) in [5.74, 6) is -0.329. The van der Waals surface area contributed by atoms with Crippen molar-refractivity contribution in [1.29, 1.82) is 5.26 Å². The first kappa shape index (κ1) is 23.8. The number of thiocarbonyl (C=S) groups is 1. The van der Waals surface area contributed by atoms with E-state index in [9.17, 15) is 22.8 Å². The van der Waals surface area contributed by atoms with Crippen molar-refractivity contribution in [2.75, 3.05) is 15.6 Å². The molecule has 2 aliphatic heterocycles. The third kappa shape index (κ3) is 3.84. The standard InChI is InChI=1S/C22H17F3N4O3S2/c1-21(2)19(31)28(12-4-3-11(9-26)14(7-12)22(23,24)25)20(33)29(21)13-5-6-15-17(8-13)34-10-16(32-15)18(27)30/h3-8,16H,10H2,1-2H3,(H2,27,30)/t16-/m0/s1. The Hall–Kier alpha value is -3.30. The van der Waals surface area contributed by atoms with Gasteiger partial charge in [0.25, 0.3) is 11.8 Å². The van der Waals surface area contributed by atoms with Gasteiger partial charge in [0.15, 0.2) is 11.2 Å². The summed E-state index contributed by atoms with van der Waals surface area (Å²) in [4.78, 5) is 28.0.